The molecule has 1 heterocycles. The highest BCUT2D eigenvalue weighted by Gasteiger charge is 2.21. The Balaban J connectivity index is 2.08. The fraction of sp³-hybridized carbons (Fsp3) is 0.545. The number of hydrogen-bond acceptors (Lipinski definition) is 3. The number of carbonyl (C=O) groups excluding carboxylic acids is 1. The minimum absolute atomic E-state index is 0.0153. The van der Waals surface area contributed by atoms with E-state index in [1.807, 2.05) is 0 Å². The van der Waals surface area contributed by atoms with Gasteiger partial charge in [-0.2, -0.15) is 5.10 Å². The maximum atomic E-state index is 11.8. The molecule has 6 nitrogen and oxygen atoms in total. The lowest BCUT2D eigenvalue weighted by Gasteiger charge is -2.09. The minimum Gasteiger partial charge on any atom is -0.477 e. The molecule has 0 aromatic carbocycles. The van der Waals surface area contributed by atoms with Gasteiger partial charge in [-0.3, -0.25) is 9.48 Å². The summed E-state index contributed by atoms with van der Waals surface area (Å²) in [6, 6.07) is 1.50. The van der Waals surface area contributed by atoms with Gasteiger partial charge in [-0.15, -0.1) is 0 Å². The number of aryl methyl sites for hydroxylation is 1. The van der Waals surface area contributed by atoms with Crippen molar-refractivity contribution in [3.05, 3.63) is 17.5 Å². The van der Waals surface area contributed by atoms with Gasteiger partial charge in [0, 0.05) is 19.2 Å². The van der Waals surface area contributed by atoms with E-state index in [1.165, 1.54) is 17.8 Å². The highest BCUT2D eigenvalue weighted by molar-refractivity contribution is 5.95. The zero-order valence-corrected chi connectivity index (χ0v) is 9.64. The van der Waals surface area contributed by atoms with E-state index in [4.69, 9.17) is 5.11 Å². The van der Waals surface area contributed by atoms with E-state index in [0.717, 1.165) is 25.7 Å². The first-order chi connectivity index (χ1) is 8.08. The monoisotopic (exact) mass is 237 g/mol. The number of amides is 1. The maximum Gasteiger partial charge on any atom is 0.354 e. The zero-order valence-electron chi connectivity index (χ0n) is 9.64. The Morgan fingerprint density at radius 1 is 1.47 bits per heavy atom. The first-order valence-corrected chi connectivity index (χ1v) is 5.66. The largest absolute Gasteiger partial charge is 0.477 e. The molecule has 1 aliphatic rings. The molecule has 0 aliphatic heterocycles. The van der Waals surface area contributed by atoms with Crippen molar-refractivity contribution in [3.8, 4) is 0 Å². The predicted octanol–water partition coefficient (Wildman–Crippen LogP) is 0.791. The van der Waals surface area contributed by atoms with E-state index in [-0.39, 0.29) is 23.3 Å². The average Bonchev–Trinajstić information content (AvgIpc) is 2.86. The van der Waals surface area contributed by atoms with Gasteiger partial charge in [0.05, 0.1) is 0 Å². The van der Waals surface area contributed by atoms with Crippen LogP contribution in [0.1, 0.15) is 46.7 Å². The molecule has 0 spiro atoms. The van der Waals surface area contributed by atoms with Crippen LogP contribution in [0.25, 0.3) is 0 Å². The summed E-state index contributed by atoms with van der Waals surface area (Å²) in [7, 11) is 1.51. The molecular weight excluding hydrogens is 222 g/mol. The van der Waals surface area contributed by atoms with Crippen molar-refractivity contribution >= 4 is 11.9 Å². The zero-order chi connectivity index (χ0) is 12.4. The molecule has 0 unspecified atom stereocenters. The van der Waals surface area contributed by atoms with Crippen molar-refractivity contribution in [1.82, 2.24) is 15.1 Å². The normalized spacial score (nSPS) is 16.1. The van der Waals surface area contributed by atoms with Crippen LogP contribution in [0.3, 0.4) is 0 Å². The number of nitrogens with zero attached hydrogens (tertiary/aromatic N) is 2. The van der Waals surface area contributed by atoms with Gasteiger partial charge in [0.2, 0.25) is 0 Å². The second kappa shape index (κ2) is 4.57. The molecule has 1 fully saturated rings. The van der Waals surface area contributed by atoms with Crippen LogP contribution >= 0.6 is 0 Å². The van der Waals surface area contributed by atoms with E-state index in [2.05, 4.69) is 10.4 Å². The van der Waals surface area contributed by atoms with Gasteiger partial charge in [-0.05, 0) is 12.8 Å². The lowest BCUT2D eigenvalue weighted by Crippen LogP contribution is -2.32. The molecule has 0 atom stereocenters. The lowest BCUT2D eigenvalue weighted by atomic mass is 10.2. The Bertz CT molecular complexity index is 447. The molecule has 0 radical (unpaired) electrons. The molecule has 6 heteroatoms. The molecule has 92 valence electrons. The number of hydrogen-bond donors (Lipinski definition) is 2. The number of nitrogens with one attached hydrogen (secondary N) is 1. The third-order valence-electron chi connectivity index (χ3n) is 3.02. The van der Waals surface area contributed by atoms with Gasteiger partial charge in [0.25, 0.3) is 5.91 Å². The second-order valence-electron chi connectivity index (χ2n) is 4.30. The molecule has 0 bridgehead atoms. The van der Waals surface area contributed by atoms with Crippen molar-refractivity contribution < 1.29 is 14.7 Å². The number of carboxylic acids is 1. The minimum atomic E-state index is -1.08. The van der Waals surface area contributed by atoms with E-state index >= 15 is 0 Å². The average molecular weight is 237 g/mol. The molecule has 2 rings (SSSR count). The van der Waals surface area contributed by atoms with Crippen LogP contribution in [0.15, 0.2) is 6.07 Å². The lowest BCUT2D eigenvalue weighted by molar-refractivity contribution is 0.0684. The van der Waals surface area contributed by atoms with Gasteiger partial charge in [0.15, 0.2) is 5.69 Å². The summed E-state index contributed by atoms with van der Waals surface area (Å²) in [6.07, 6.45) is 4.25. The Morgan fingerprint density at radius 2 is 2.12 bits per heavy atom. The second-order valence-corrected chi connectivity index (χ2v) is 4.30. The maximum absolute atomic E-state index is 11.8. The first-order valence-electron chi connectivity index (χ1n) is 5.66. The first kappa shape index (κ1) is 11.6. The van der Waals surface area contributed by atoms with Crippen LogP contribution < -0.4 is 5.32 Å². The summed E-state index contributed by atoms with van der Waals surface area (Å²) in [6.45, 7) is 0. The van der Waals surface area contributed by atoms with Crippen LogP contribution in [0, 0.1) is 0 Å². The molecule has 1 amide bonds. The standard InChI is InChI=1S/C11H15N3O3/c1-14-9(11(16)17)6-8(13-14)10(15)12-7-4-2-3-5-7/h6-7H,2-5H2,1H3,(H,12,15)(H,16,17). The summed E-state index contributed by atoms with van der Waals surface area (Å²) >= 11 is 0. The van der Waals surface area contributed by atoms with Crippen LogP contribution in [0.2, 0.25) is 0 Å². The number of aromatic nitrogens is 2. The van der Waals surface area contributed by atoms with E-state index in [1.54, 1.807) is 0 Å². The fourth-order valence-corrected chi connectivity index (χ4v) is 2.11. The van der Waals surface area contributed by atoms with Gasteiger partial charge in [-0.1, -0.05) is 12.8 Å². The Morgan fingerprint density at radius 3 is 2.65 bits per heavy atom. The molecule has 17 heavy (non-hydrogen) atoms. The summed E-state index contributed by atoms with van der Waals surface area (Å²) in [5.41, 5.74) is 0.179. The number of carboxylic acid groups (broad SMARTS) is 1. The molecule has 0 saturated heterocycles. The van der Waals surface area contributed by atoms with E-state index < -0.39 is 5.97 Å². The third-order valence-corrected chi connectivity index (χ3v) is 3.02. The summed E-state index contributed by atoms with van der Waals surface area (Å²) in [5.74, 6) is -1.38. The molecule has 2 N–H and O–H groups in total. The van der Waals surface area contributed by atoms with Crippen LogP contribution in [-0.4, -0.2) is 32.8 Å². The molecule has 1 saturated carbocycles. The van der Waals surface area contributed by atoms with E-state index in [9.17, 15) is 9.59 Å². The number of carbonyl (C=O) groups is 2. The Labute approximate surface area is 98.6 Å². The third kappa shape index (κ3) is 2.46. The smallest absolute Gasteiger partial charge is 0.354 e. The van der Waals surface area contributed by atoms with Gasteiger partial charge >= 0.3 is 5.97 Å². The topological polar surface area (TPSA) is 84.2 Å². The van der Waals surface area contributed by atoms with E-state index in [0.29, 0.717) is 0 Å². The predicted molar refractivity (Wildman–Crippen MR) is 59.9 cm³/mol. The van der Waals surface area contributed by atoms with Gasteiger partial charge < -0.3 is 10.4 Å². The van der Waals surface area contributed by atoms with Crippen molar-refractivity contribution in [2.75, 3.05) is 0 Å². The molecule has 1 aromatic rings. The summed E-state index contributed by atoms with van der Waals surface area (Å²) in [5, 5.41) is 15.6. The quantitative estimate of drug-likeness (QED) is 0.814. The van der Waals surface area contributed by atoms with Gasteiger partial charge in [-0.25, -0.2) is 4.79 Å². The molecule has 1 aliphatic carbocycles. The number of aromatic carboxylic acids is 1. The Hall–Kier alpha value is -1.85. The van der Waals surface area contributed by atoms with Crippen molar-refractivity contribution in [2.45, 2.75) is 31.7 Å². The number of rotatable bonds is 3. The fourth-order valence-electron chi connectivity index (χ4n) is 2.11. The summed E-state index contributed by atoms with van der Waals surface area (Å²) < 4.78 is 1.20. The van der Waals surface area contributed by atoms with Gasteiger partial charge in [0.1, 0.15) is 5.69 Å². The van der Waals surface area contributed by atoms with Crippen LogP contribution in [0.4, 0.5) is 0 Å². The highest BCUT2D eigenvalue weighted by atomic mass is 16.4. The molecular formula is C11H15N3O3. The van der Waals surface area contributed by atoms with Crippen molar-refractivity contribution in [3.63, 3.8) is 0 Å². The molecule has 1 aromatic heterocycles. The Kier molecular flexibility index (Phi) is 3.12. The van der Waals surface area contributed by atoms with Crippen LogP contribution in [-0.2, 0) is 7.05 Å². The van der Waals surface area contributed by atoms with Crippen molar-refractivity contribution in [1.29, 1.82) is 0 Å². The summed E-state index contributed by atoms with van der Waals surface area (Å²) in [4.78, 5) is 22.6. The van der Waals surface area contributed by atoms with Crippen LogP contribution in [0.5, 0.6) is 0 Å². The SMILES string of the molecule is Cn1nc(C(=O)NC2CCCC2)cc1C(=O)O. The van der Waals surface area contributed by atoms with Crippen molar-refractivity contribution in [2.24, 2.45) is 7.05 Å². The highest BCUT2D eigenvalue weighted by Crippen LogP contribution is 2.18.